The molecule has 4 heteroatoms. The predicted molar refractivity (Wildman–Crippen MR) is 116 cm³/mol. The minimum atomic E-state index is -0.360. The van der Waals surface area contributed by atoms with E-state index in [0.29, 0.717) is 13.2 Å². The van der Waals surface area contributed by atoms with Crippen molar-refractivity contribution in [2.24, 2.45) is 0 Å². The molecule has 0 aliphatic heterocycles. The van der Waals surface area contributed by atoms with Gasteiger partial charge in [-0.1, -0.05) is 58.4 Å². The van der Waals surface area contributed by atoms with E-state index in [4.69, 9.17) is 14.2 Å². The van der Waals surface area contributed by atoms with E-state index in [1.54, 1.807) is 6.08 Å². The molecule has 28 heavy (non-hydrogen) atoms. The molecule has 0 heterocycles. The van der Waals surface area contributed by atoms with Crippen LogP contribution in [-0.4, -0.2) is 25.3 Å². The van der Waals surface area contributed by atoms with E-state index in [-0.39, 0.29) is 12.1 Å². The second-order valence-electron chi connectivity index (χ2n) is 7.31. The lowest BCUT2D eigenvalue weighted by Gasteiger charge is -2.14. The van der Waals surface area contributed by atoms with Crippen molar-refractivity contribution in [2.75, 3.05) is 13.2 Å². The second kappa shape index (κ2) is 15.0. The number of ether oxygens (including phenoxy) is 3. The van der Waals surface area contributed by atoms with Crippen LogP contribution in [0.15, 0.2) is 24.3 Å². The maximum atomic E-state index is 11.9. The number of carbonyl (C=O) groups is 1. The van der Waals surface area contributed by atoms with Crippen LogP contribution in [0.5, 0.6) is 11.5 Å². The van der Waals surface area contributed by atoms with Crippen molar-refractivity contribution in [2.45, 2.75) is 85.2 Å². The number of hydrogen-bond donors (Lipinski definition) is 0. The zero-order chi connectivity index (χ0) is 20.6. The van der Waals surface area contributed by atoms with Gasteiger partial charge in [0.25, 0.3) is 0 Å². The van der Waals surface area contributed by atoms with Crippen LogP contribution in [-0.2, 0) is 9.53 Å². The largest absolute Gasteiger partial charge is 0.493 e. The Balaban J connectivity index is 2.82. The summed E-state index contributed by atoms with van der Waals surface area (Å²) in [4.78, 5) is 11.9. The van der Waals surface area contributed by atoms with Gasteiger partial charge in [-0.25, -0.2) is 4.79 Å². The first-order chi connectivity index (χ1) is 13.6. The summed E-state index contributed by atoms with van der Waals surface area (Å²) < 4.78 is 17.2. The lowest BCUT2D eigenvalue weighted by molar-refractivity contribution is -0.141. The van der Waals surface area contributed by atoms with Gasteiger partial charge in [0, 0.05) is 6.08 Å². The highest BCUT2D eigenvalue weighted by atomic mass is 16.5. The lowest BCUT2D eigenvalue weighted by atomic mass is 10.1. The van der Waals surface area contributed by atoms with Crippen molar-refractivity contribution < 1.29 is 19.0 Å². The molecule has 1 rings (SSSR count). The zero-order valence-electron chi connectivity index (χ0n) is 18.2. The molecule has 4 nitrogen and oxygen atoms in total. The van der Waals surface area contributed by atoms with E-state index >= 15 is 0 Å². The molecule has 0 aliphatic carbocycles. The number of hydrogen-bond acceptors (Lipinski definition) is 4. The molecule has 0 spiro atoms. The smallest absolute Gasteiger partial charge is 0.331 e. The fourth-order valence-corrected chi connectivity index (χ4v) is 2.78. The molecule has 0 fully saturated rings. The summed E-state index contributed by atoms with van der Waals surface area (Å²) in [6, 6.07) is 5.79. The fraction of sp³-hybridized carbons (Fsp3) is 0.625. The quantitative estimate of drug-likeness (QED) is 0.193. The summed E-state index contributed by atoms with van der Waals surface area (Å²) in [6.07, 6.45) is 12.3. The Morgan fingerprint density at radius 2 is 1.43 bits per heavy atom. The molecule has 1 aromatic carbocycles. The van der Waals surface area contributed by atoms with Gasteiger partial charge in [0.15, 0.2) is 0 Å². The van der Waals surface area contributed by atoms with Gasteiger partial charge in [-0.3, -0.25) is 0 Å². The topological polar surface area (TPSA) is 44.8 Å². The van der Waals surface area contributed by atoms with Gasteiger partial charge in [-0.2, -0.15) is 0 Å². The van der Waals surface area contributed by atoms with Crippen LogP contribution in [0.25, 0.3) is 6.08 Å². The third kappa shape index (κ3) is 10.4. The summed E-state index contributed by atoms with van der Waals surface area (Å²) in [7, 11) is 0. The molecule has 0 aromatic heterocycles. The van der Waals surface area contributed by atoms with Crippen LogP contribution in [0.3, 0.4) is 0 Å². The molecule has 0 aliphatic rings. The summed E-state index contributed by atoms with van der Waals surface area (Å²) in [5.74, 6) is 1.13. The number of esters is 1. The number of unbranched alkanes of at least 4 members (excludes halogenated alkanes) is 6. The standard InChI is InChI=1S/C24H38O4/c1-5-7-9-11-18-26-22-14-13-15-23(27-19-12-10-8-6-2)21(22)16-17-24(25)28-20(3)4/h13-17,20H,5-12,18-19H2,1-4H3. The summed E-state index contributed by atoms with van der Waals surface area (Å²) in [6.45, 7) is 9.39. The third-order valence-electron chi connectivity index (χ3n) is 4.27. The Kier molecular flexibility index (Phi) is 12.9. The zero-order valence-corrected chi connectivity index (χ0v) is 18.2. The van der Waals surface area contributed by atoms with Gasteiger partial charge >= 0.3 is 5.97 Å². The highest BCUT2D eigenvalue weighted by Crippen LogP contribution is 2.30. The number of carbonyl (C=O) groups excluding carboxylic acids is 1. The summed E-state index contributed by atoms with van der Waals surface area (Å²) in [5.41, 5.74) is 0.800. The molecule has 0 unspecified atom stereocenters. The van der Waals surface area contributed by atoms with Crippen molar-refractivity contribution in [3.05, 3.63) is 29.8 Å². The number of rotatable bonds is 15. The molecule has 0 atom stereocenters. The van der Waals surface area contributed by atoms with Gasteiger partial charge in [0.2, 0.25) is 0 Å². The molecule has 158 valence electrons. The Morgan fingerprint density at radius 1 is 0.893 bits per heavy atom. The summed E-state index contributed by atoms with van der Waals surface area (Å²) >= 11 is 0. The molecular weight excluding hydrogens is 352 g/mol. The minimum Gasteiger partial charge on any atom is -0.493 e. The highest BCUT2D eigenvalue weighted by molar-refractivity contribution is 5.88. The van der Waals surface area contributed by atoms with Crippen molar-refractivity contribution >= 4 is 12.0 Å². The first kappa shape index (κ1) is 24.1. The van der Waals surface area contributed by atoms with Gasteiger partial charge in [-0.15, -0.1) is 0 Å². The minimum absolute atomic E-state index is 0.142. The molecule has 0 saturated carbocycles. The van der Waals surface area contributed by atoms with Crippen LogP contribution >= 0.6 is 0 Å². The molecule has 0 N–H and O–H groups in total. The van der Waals surface area contributed by atoms with Crippen LogP contribution < -0.4 is 9.47 Å². The SMILES string of the molecule is CCCCCCOc1cccc(OCCCCCC)c1C=CC(=O)OC(C)C. The maximum absolute atomic E-state index is 11.9. The van der Waals surface area contributed by atoms with E-state index in [1.807, 2.05) is 32.0 Å². The Labute approximate surface area is 171 Å². The molecule has 0 amide bonds. The first-order valence-electron chi connectivity index (χ1n) is 10.9. The normalized spacial score (nSPS) is 11.2. The molecule has 0 bridgehead atoms. The Bertz CT molecular complexity index is 546. The van der Waals surface area contributed by atoms with Crippen molar-refractivity contribution in [1.29, 1.82) is 0 Å². The molecule has 0 radical (unpaired) electrons. The average Bonchev–Trinajstić information content (AvgIpc) is 2.66. The van der Waals surface area contributed by atoms with Crippen LogP contribution in [0.2, 0.25) is 0 Å². The van der Waals surface area contributed by atoms with Gasteiger partial charge in [0.05, 0.1) is 24.9 Å². The van der Waals surface area contributed by atoms with Crippen molar-refractivity contribution in [3.63, 3.8) is 0 Å². The van der Waals surface area contributed by atoms with Crippen LogP contribution in [0, 0.1) is 0 Å². The van der Waals surface area contributed by atoms with Crippen molar-refractivity contribution in [3.8, 4) is 11.5 Å². The Morgan fingerprint density at radius 3 is 1.89 bits per heavy atom. The van der Waals surface area contributed by atoms with E-state index in [2.05, 4.69) is 13.8 Å². The number of benzene rings is 1. The van der Waals surface area contributed by atoms with E-state index in [0.717, 1.165) is 42.7 Å². The van der Waals surface area contributed by atoms with Crippen LogP contribution in [0.1, 0.15) is 84.6 Å². The first-order valence-corrected chi connectivity index (χ1v) is 10.9. The highest BCUT2D eigenvalue weighted by Gasteiger charge is 2.10. The third-order valence-corrected chi connectivity index (χ3v) is 4.27. The molecule has 1 aromatic rings. The Hall–Kier alpha value is -1.97. The lowest BCUT2D eigenvalue weighted by Crippen LogP contribution is -2.08. The predicted octanol–water partition coefficient (Wildman–Crippen LogP) is 6.57. The maximum Gasteiger partial charge on any atom is 0.331 e. The fourth-order valence-electron chi connectivity index (χ4n) is 2.78. The van der Waals surface area contributed by atoms with Gasteiger partial charge < -0.3 is 14.2 Å². The monoisotopic (exact) mass is 390 g/mol. The molecule has 0 saturated heterocycles. The van der Waals surface area contributed by atoms with Crippen molar-refractivity contribution in [1.82, 2.24) is 0 Å². The van der Waals surface area contributed by atoms with Crippen LogP contribution in [0.4, 0.5) is 0 Å². The van der Waals surface area contributed by atoms with E-state index in [1.165, 1.54) is 31.8 Å². The van der Waals surface area contributed by atoms with Gasteiger partial charge in [0.1, 0.15) is 11.5 Å². The molecular formula is C24H38O4. The van der Waals surface area contributed by atoms with E-state index in [9.17, 15) is 4.79 Å². The summed E-state index contributed by atoms with van der Waals surface area (Å²) in [5, 5.41) is 0. The van der Waals surface area contributed by atoms with E-state index < -0.39 is 0 Å². The van der Waals surface area contributed by atoms with Gasteiger partial charge in [-0.05, 0) is 44.9 Å². The average molecular weight is 391 g/mol. The second-order valence-corrected chi connectivity index (χ2v) is 7.31.